The third-order valence-electron chi connectivity index (χ3n) is 3.73. The van der Waals surface area contributed by atoms with Crippen molar-refractivity contribution in [3.05, 3.63) is 45.9 Å². The molecule has 1 aromatic carbocycles. The highest BCUT2D eigenvalue weighted by atomic mass is 32.1. The van der Waals surface area contributed by atoms with Crippen molar-refractivity contribution in [1.82, 2.24) is 15.3 Å². The molecule has 1 atom stereocenters. The summed E-state index contributed by atoms with van der Waals surface area (Å²) >= 11 is 2.60. The number of nitrogens with two attached hydrogens (primary N) is 1. The van der Waals surface area contributed by atoms with Crippen LogP contribution in [0, 0.1) is 0 Å². The van der Waals surface area contributed by atoms with Gasteiger partial charge in [0.25, 0.3) is 5.91 Å². The van der Waals surface area contributed by atoms with Gasteiger partial charge >= 0.3 is 0 Å². The Labute approximate surface area is 153 Å². The van der Waals surface area contributed by atoms with Crippen molar-refractivity contribution in [2.45, 2.75) is 25.3 Å². The molecule has 3 N–H and O–H groups in total. The Morgan fingerprint density at radius 2 is 2.08 bits per heavy atom. The number of ketones is 1. The van der Waals surface area contributed by atoms with Gasteiger partial charge in [-0.2, -0.15) is 0 Å². The van der Waals surface area contributed by atoms with Gasteiger partial charge in [-0.3, -0.25) is 14.6 Å². The first-order chi connectivity index (χ1) is 12.2. The number of nitrogens with zero attached hydrogens (tertiary/aromatic N) is 2. The van der Waals surface area contributed by atoms with Crippen molar-refractivity contribution in [2.75, 3.05) is 6.54 Å². The second kappa shape index (κ2) is 8.28. The molecule has 0 aliphatic heterocycles. The molecule has 0 saturated carbocycles. The summed E-state index contributed by atoms with van der Waals surface area (Å²) in [6.07, 6.45) is 3.61. The van der Waals surface area contributed by atoms with Gasteiger partial charge in [-0.05, 0) is 37.9 Å². The molecule has 6 nitrogen and oxygen atoms in total. The Kier molecular flexibility index (Phi) is 5.85. The van der Waals surface area contributed by atoms with Crippen LogP contribution in [0.4, 0.5) is 0 Å². The summed E-state index contributed by atoms with van der Waals surface area (Å²) in [5.41, 5.74) is 7.93. The van der Waals surface area contributed by atoms with Crippen molar-refractivity contribution in [1.29, 1.82) is 0 Å². The van der Waals surface area contributed by atoms with E-state index in [4.69, 9.17) is 5.73 Å². The van der Waals surface area contributed by atoms with Gasteiger partial charge in [-0.15, -0.1) is 22.7 Å². The van der Waals surface area contributed by atoms with E-state index in [0.717, 1.165) is 23.1 Å². The first-order valence-corrected chi connectivity index (χ1v) is 9.68. The number of aromatic nitrogens is 2. The molecule has 0 radical (unpaired) electrons. The number of carbonyl (C=O) groups is 2. The van der Waals surface area contributed by atoms with Crippen molar-refractivity contribution in [3.8, 4) is 0 Å². The molecule has 1 amide bonds. The first kappa shape index (κ1) is 17.7. The van der Waals surface area contributed by atoms with Crippen LogP contribution in [0.25, 0.3) is 10.2 Å². The van der Waals surface area contributed by atoms with E-state index < -0.39 is 6.04 Å². The number of thiazole rings is 2. The molecule has 0 bridgehead atoms. The molecule has 0 saturated heterocycles. The molecule has 2 aromatic heterocycles. The van der Waals surface area contributed by atoms with Crippen LogP contribution in [0.1, 0.15) is 38.7 Å². The van der Waals surface area contributed by atoms with Crippen LogP contribution in [0.3, 0.4) is 0 Å². The van der Waals surface area contributed by atoms with Crippen LogP contribution in [0.5, 0.6) is 0 Å². The second-order valence-electron chi connectivity index (χ2n) is 5.53. The van der Waals surface area contributed by atoms with Gasteiger partial charge in [-0.25, -0.2) is 4.98 Å². The van der Waals surface area contributed by atoms with E-state index in [0.29, 0.717) is 22.9 Å². The number of Topliss-reactive ketones (excluding diaryl/α,β-unsaturated/α-hetero) is 1. The first-order valence-electron chi connectivity index (χ1n) is 7.98. The summed E-state index contributed by atoms with van der Waals surface area (Å²) in [7, 11) is 0. The quantitative estimate of drug-likeness (QED) is 0.467. The zero-order valence-corrected chi connectivity index (χ0v) is 15.1. The molecule has 130 valence electrons. The lowest BCUT2D eigenvalue weighted by Gasteiger charge is -2.15. The fourth-order valence-corrected chi connectivity index (χ4v) is 3.93. The summed E-state index contributed by atoms with van der Waals surface area (Å²) in [4.78, 5) is 34.0. The number of amides is 1. The zero-order chi connectivity index (χ0) is 17.6. The van der Waals surface area contributed by atoms with Gasteiger partial charge in [0.05, 0.1) is 28.0 Å². The van der Waals surface area contributed by atoms with E-state index in [9.17, 15) is 9.59 Å². The average Bonchev–Trinajstić information content (AvgIpc) is 3.29. The molecule has 3 rings (SSSR count). The maximum absolute atomic E-state index is 12.9. The number of fused-ring (bicyclic) bond motifs is 1. The van der Waals surface area contributed by atoms with E-state index in [1.807, 2.05) is 24.3 Å². The Morgan fingerprint density at radius 3 is 2.80 bits per heavy atom. The fraction of sp³-hybridized carbons (Fsp3) is 0.294. The number of hydrogen-bond acceptors (Lipinski definition) is 7. The number of para-hydroxylation sites is 1. The smallest absolute Gasteiger partial charge is 0.263 e. The Hall–Kier alpha value is -2.16. The van der Waals surface area contributed by atoms with Gasteiger partial charge in [-0.1, -0.05) is 12.1 Å². The van der Waals surface area contributed by atoms with Gasteiger partial charge < -0.3 is 11.1 Å². The van der Waals surface area contributed by atoms with Crippen LogP contribution in [-0.4, -0.2) is 34.2 Å². The SMILES string of the molecule is NCCCC[C@H](NC(=O)c1cncs1)C(=O)c1nc2ccccc2s1. The highest BCUT2D eigenvalue weighted by Gasteiger charge is 2.25. The largest absolute Gasteiger partial charge is 0.341 e. The van der Waals surface area contributed by atoms with Gasteiger partial charge in [0, 0.05) is 0 Å². The van der Waals surface area contributed by atoms with E-state index in [1.165, 1.54) is 28.9 Å². The predicted molar refractivity (Wildman–Crippen MR) is 100 cm³/mol. The van der Waals surface area contributed by atoms with Crippen LogP contribution in [0.15, 0.2) is 36.0 Å². The Morgan fingerprint density at radius 1 is 1.24 bits per heavy atom. The lowest BCUT2D eigenvalue weighted by atomic mass is 10.1. The van der Waals surface area contributed by atoms with E-state index in [2.05, 4.69) is 15.3 Å². The normalized spacial score (nSPS) is 12.2. The highest BCUT2D eigenvalue weighted by molar-refractivity contribution is 7.20. The molecule has 0 fully saturated rings. The Balaban J connectivity index is 1.79. The maximum atomic E-state index is 12.9. The maximum Gasteiger partial charge on any atom is 0.263 e. The van der Waals surface area contributed by atoms with Crippen LogP contribution in [0.2, 0.25) is 0 Å². The lowest BCUT2D eigenvalue weighted by molar-refractivity contribution is 0.0853. The van der Waals surface area contributed by atoms with Crippen LogP contribution >= 0.6 is 22.7 Å². The fourth-order valence-electron chi connectivity index (χ4n) is 2.45. The molecule has 8 heteroatoms. The lowest BCUT2D eigenvalue weighted by Crippen LogP contribution is -2.40. The number of hydrogen-bond donors (Lipinski definition) is 2. The summed E-state index contributed by atoms with van der Waals surface area (Å²) in [6, 6.07) is 7.01. The van der Waals surface area contributed by atoms with Crippen LogP contribution < -0.4 is 11.1 Å². The third-order valence-corrected chi connectivity index (χ3v) is 5.55. The number of carbonyl (C=O) groups excluding carboxylic acids is 2. The molecular formula is C17H18N4O2S2. The second-order valence-corrected chi connectivity index (χ2v) is 7.44. The molecule has 25 heavy (non-hydrogen) atoms. The number of nitrogens with one attached hydrogen (secondary N) is 1. The summed E-state index contributed by atoms with van der Waals surface area (Å²) in [5, 5.41) is 3.25. The zero-order valence-electron chi connectivity index (χ0n) is 13.5. The van der Waals surface area contributed by atoms with Gasteiger partial charge in [0.1, 0.15) is 4.88 Å². The average molecular weight is 374 g/mol. The number of unbranched alkanes of at least 4 members (excludes halogenated alkanes) is 1. The van der Waals surface area contributed by atoms with E-state index in [-0.39, 0.29) is 11.7 Å². The minimum absolute atomic E-state index is 0.156. The molecule has 2 heterocycles. The van der Waals surface area contributed by atoms with E-state index >= 15 is 0 Å². The van der Waals surface area contributed by atoms with Gasteiger partial charge in [0.15, 0.2) is 5.01 Å². The molecule has 3 aromatic rings. The van der Waals surface area contributed by atoms with Crippen molar-refractivity contribution in [2.24, 2.45) is 5.73 Å². The van der Waals surface area contributed by atoms with E-state index in [1.54, 1.807) is 5.51 Å². The summed E-state index contributed by atoms with van der Waals surface area (Å²) < 4.78 is 0.959. The third kappa shape index (κ3) is 4.28. The minimum Gasteiger partial charge on any atom is -0.341 e. The van der Waals surface area contributed by atoms with Crippen LogP contribution in [-0.2, 0) is 0 Å². The van der Waals surface area contributed by atoms with Gasteiger partial charge in [0.2, 0.25) is 5.78 Å². The van der Waals surface area contributed by atoms with Crippen molar-refractivity contribution in [3.63, 3.8) is 0 Å². The molecular weight excluding hydrogens is 356 g/mol. The topological polar surface area (TPSA) is 98.0 Å². The van der Waals surface area contributed by atoms with Crippen molar-refractivity contribution < 1.29 is 9.59 Å². The number of benzene rings is 1. The predicted octanol–water partition coefficient (Wildman–Crippen LogP) is 2.86. The number of rotatable bonds is 8. The molecule has 0 aliphatic rings. The molecule has 0 aliphatic carbocycles. The van der Waals surface area contributed by atoms with Crippen molar-refractivity contribution >= 4 is 44.6 Å². The molecule has 0 spiro atoms. The standard InChI is InChI=1S/C17H18N4O2S2/c18-8-4-3-6-12(20-16(23)14-9-19-10-24-14)15(22)17-21-11-5-1-2-7-13(11)25-17/h1-2,5,7,9-10,12H,3-4,6,8,18H2,(H,20,23)/t12-/m0/s1. The minimum atomic E-state index is -0.610. The summed E-state index contributed by atoms with van der Waals surface area (Å²) in [5.74, 6) is -0.439. The summed E-state index contributed by atoms with van der Waals surface area (Å²) in [6.45, 7) is 0.560. The monoisotopic (exact) mass is 374 g/mol. The Bertz CT molecular complexity index is 828. The molecule has 0 unspecified atom stereocenters. The highest BCUT2D eigenvalue weighted by Crippen LogP contribution is 2.23.